The average Bonchev–Trinajstić information content (AvgIpc) is 2.67. The number of anilines is 1. The molecule has 0 radical (unpaired) electrons. The monoisotopic (exact) mass is 366 g/mol. The van der Waals surface area contributed by atoms with E-state index in [0.717, 1.165) is 5.56 Å². The predicted octanol–water partition coefficient (Wildman–Crippen LogP) is 3.50. The second-order valence-electron chi connectivity index (χ2n) is 5.98. The van der Waals surface area contributed by atoms with Crippen LogP contribution < -0.4 is 15.2 Å². The van der Waals surface area contributed by atoms with Crippen molar-refractivity contribution < 1.29 is 18.7 Å². The van der Waals surface area contributed by atoms with Gasteiger partial charge in [0.05, 0.1) is 18.8 Å². The van der Waals surface area contributed by atoms with Crippen molar-refractivity contribution in [2.45, 2.75) is 13.1 Å². The Bertz CT molecular complexity index is 997. The van der Waals surface area contributed by atoms with Gasteiger partial charge >= 0.3 is 6.09 Å². The maximum Gasteiger partial charge on any atom is 0.415 e. The number of carbonyl (C=O) groups is 1. The normalized spacial score (nSPS) is 13.1. The van der Waals surface area contributed by atoms with Gasteiger partial charge in [0.25, 0.3) is 0 Å². The van der Waals surface area contributed by atoms with Gasteiger partial charge in [-0.05, 0) is 24.3 Å². The van der Waals surface area contributed by atoms with Gasteiger partial charge in [-0.25, -0.2) is 9.18 Å². The minimum atomic E-state index is -0.569. The predicted molar refractivity (Wildman–Crippen MR) is 94.6 cm³/mol. The summed E-state index contributed by atoms with van der Waals surface area (Å²) in [6.45, 7) is 0.348. The van der Waals surface area contributed by atoms with Gasteiger partial charge in [-0.15, -0.1) is 5.10 Å². The molecule has 27 heavy (non-hydrogen) atoms. The summed E-state index contributed by atoms with van der Waals surface area (Å²) in [6, 6.07) is 13.2. The first-order valence-corrected chi connectivity index (χ1v) is 8.18. The van der Waals surface area contributed by atoms with Gasteiger partial charge in [0.15, 0.2) is 5.82 Å². The summed E-state index contributed by atoms with van der Waals surface area (Å²) in [5.74, 6) is 0.672. The summed E-state index contributed by atoms with van der Waals surface area (Å²) in [6.07, 6.45) is 0.972. The maximum absolute atomic E-state index is 14.1. The molecule has 0 saturated carbocycles. The molecule has 1 aliphatic rings. The minimum Gasteiger partial charge on any atom is -0.437 e. The zero-order chi connectivity index (χ0) is 18.8. The minimum absolute atomic E-state index is 0.0454. The van der Waals surface area contributed by atoms with Crippen molar-refractivity contribution in [2.75, 3.05) is 5.73 Å². The van der Waals surface area contributed by atoms with E-state index in [4.69, 9.17) is 15.2 Å². The molecule has 0 spiro atoms. The van der Waals surface area contributed by atoms with Crippen molar-refractivity contribution >= 4 is 11.8 Å². The van der Waals surface area contributed by atoms with Crippen LogP contribution in [0.15, 0.2) is 54.7 Å². The Hall–Kier alpha value is -3.68. The SMILES string of the molecule is Nc1cccc(CN2Cc3ccc(Oc4cccnn4)cc3OC2=O)c1F. The first-order chi connectivity index (χ1) is 13.1. The van der Waals surface area contributed by atoms with Crippen LogP contribution in [0.2, 0.25) is 0 Å². The molecule has 1 aliphatic heterocycles. The third-order valence-electron chi connectivity index (χ3n) is 4.10. The van der Waals surface area contributed by atoms with Crippen LogP contribution in [0, 0.1) is 5.82 Å². The number of amides is 1. The summed E-state index contributed by atoms with van der Waals surface area (Å²) in [5.41, 5.74) is 6.74. The average molecular weight is 366 g/mol. The molecular formula is C19H15FN4O3. The fourth-order valence-electron chi connectivity index (χ4n) is 2.76. The highest BCUT2D eigenvalue weighted by molar-refractivity contribution is 5.73. The summed E-state index contributed by atoms with van der Waals surface area (Å²) >= 11 is 0. The van der Waals surface area contributed by atoms with Gasteiger partial charge in [-0.1, -0.05) is 12.1 Å². The van der Waals surface area contributed by atoms with E-state index >= 15 is 0 Å². The van der Waals surface area contributed by atoms with Crippen LogP contribution >= 0.6 is 0 Å². The number of nitrogens with two attached hydrogens (primary N) is 1. The number of ether oxygens (including phenoxy) is 2. The molecule has 8 heteroatoms. The second-order valence-corrected chi connectivity index (χ2v) is 5.98. The molecule has 2 N–H and O–H groups in total. The summed E-state index contributed by atoms with van der Waals surface area (Å²) < 4.78 is 25.1. The largest absolute Gasteiger partial charge is 0.437 e. The number of nitrogens with zero attached hydrogens (tertiary/aromatic N) is 3. The summed E-state index contributed by atoms with van der Waals surface area (Å²) in [7, 11) is 0. The first kappa shape index (κ1) is 16.8. The number of hydrogen-bond donors (Lipinski definition) is 1. The quantitative estimate of drug-likeness (QED) is 0.711. The summed E-state index contributed by atoms with van der Waals surface area (Å²) in [5, 5.41) is 7.58. The van der Waals surface area contributed by atoms with Crippen molar-refractivity contribution in [1.29, 1.82) is 0 Å². The number of benzene rings is 2. The third-order valence-corrected chi connectivity index (χ3v) is 4.10. The fraction of sp³-hybridized carbons (Fsp3) is 0.105. The van der Waals surface area contributed by atoms with Gasteiger partial charge in [-0.2, -0.15) is 5.10 Å². The zero-order valence-corrected chi connectivity index (χ0v) is 14.1. The van der Waals surface area contributed by atoms with Crippen LogP contribution in [0.5, 0.6) is 17.4 Å². The standard InChI is InChI=1S/C19H15FN4O3/c20-18-13(3-1-4-15(18)21)11-24-10-12-6-7-14(9-16(12)27-19(24)25)26-17-5-2-8-22-23-17/h1-9H,10-11,21H2. The van der Waals surface area contributed by atoms with Gasteiger partial charge in [0.2, 0.25) is 5.88 Å². The molecule has 1 aromatic heterocycles. The molecule has 1 amide bonds. The molecular weight excluding hydrogens is 351 g/mol. The molecule has 0 unspecified atom stereocenters. The summed E-state index contributed by atoms with van der Waals surface area (Å²) in [4.78, 5) is 13.7. The Morgan fingerprint density at radius 3 is 2.93 bits per heavy atom. The highest BCUT2D eigenvalue weighted by Crippen LogP contribution is 2.32. The van der Waals surface area contributed by atoms with Crippen LogP contribution in [0.25, 0.3) is 0 Å². The highest BCUT2D eigenvalue weighted by Gasteiger charge is 2.26. The molecule has 0 atom stereocenters. The van der Waals surface area contributed by atoms with E-state index < -0.39 is 11.9 Å². The Labute approximate surface area is 154 Å². The van der Waals surface area contributed by atoms with Gasteiger partial charge in [-0.3, -0.25) is 4.90 Å². The molecule has 0 saturated heterocycles. The van der Waals surface area contributed by atoms with Gasteiger partial charge in [0, 0.05) is 29.5 Å². The van der Waals surface area contributed by atoms with E-state index in [1.54, 1.807) is 48.7 Å². The molecule has 3 aromatic rings. The number of hydrogen-bond acceptors (Lipinski definition) is 6. The molecule has 0 aliphatic carbocycles. The Morgan fingerprint density at radius 1 is 1.22 bits per heavy atom. The Morgan fingerprint density at radius 2 is 2.11 bits per heavy atom. The molecule has 136 valence electrons. The number of aromatic nitrogens is 2. The van der Waals surface area contributed by atoms with Crippen LogP contribution in [0.4, 0.5) is 14.9 Å². The number of nitrogen functional groups attached to an aromatic ring is 1. The second kappa shape index (κ2) is 6.91. The van der Waals surface area contributed by atoms with E-state index in [1.165, 1.54) is 11.0 Å². The topological polar surface area (TPSA) is 90.6 Å². The van der Waals surface area contributed by atoms with Crippen LogP contribution in [-0.2, 0) is 13.1 Å². The van der Waals surface area contributed by atoms with E-state index in [0.29, 0.717) is 22.9 Å². The molecule has 0 bridgehead atoms. The fourth-order valence-corrected chi connectivity index (χ4v) is 2.76. The lowest BCUT2D eigenvalue weighted by molar-refractivity contribution is 0.134. The lowest BCUT2D eigenvalue weighted by Crippen LogP contribution is -2.36. The lowest BCUT2D eigenvalue weighted by Gasteiger charge is -2.28. The van der Waals surface area contributed by atoms with Crippen LogP contribution in [0.1, 0.15) is 11.1 Å². The van der Waals surface area contributed by atoms with Crippen molar-refractivity contribution in [3.8, 4) is 17.4 Å². The van der Waals surface area contributed by atoms with Crippen molar-refractivity contribution in [3.05, 3.63) is 71.7 Å². The molecule has 2 aromatic carbocycles. The maximum atomic E-state index is 14.1. The van der Waals surface area contributed by atoms with Crippen molar-refractivity contribution in [1.82, 2.24) is 15.1 Å². The Kier molecular flexibility index (Phi) is 4.29. The van der Waals surface area contributed by atoms with Crippen LogP contribution in [0.3, 0.4) is 0 Å². The van der Waals surface area contributed by atoms with E-state index in [2.05, 4.69) is 10.2 Å². The smallest absolute Gasteiger partial charge is 0.415 e. The lowest BCUT2D eigenvalue weighted by atomic mass is 10.1. The number of fused-ring (bicyclic) bond motifs is 1. The zero-order valence-electron chi connectivity index (χ0n) is 14.1. The Balaban J connectivity index is 1.52. The van der Waals surface area contributed by atoms with Gasteiger partial charge < -0.3 is 15.2 Å². The van der Waals surface area contributed by atoms with E-state index in [9.17, 15) is 9.18 Å². The van der Waals surface area contributed by atoms with Crippen molar-refractivity contribution in [2.24, 2.45) is 0 Å². The molecule has 0 fully saturated rings. The van der Waals surface area contributed by atoms with Crippen molar-refractivity contribution in [3.63, 3.8) is 0 Å². The van der Waals surface area contributed by atoms with Crippen LogP contribution in [-0.4, -0.2) is 21.2 Å². The number of rotatable bonds is 4. The highest BCUT2D eigenvalue weighted by atomic mass is 19.1. The van der Waals surface area contributed by atoms with E-state index in [-0.39, 0.29) is 18.8 Å². The van der Waals surface area contributed by atoms with E-state index in [1.807, 2.05) is 0 Å². The number of halogens is 1. The van der Waals surface area contributed by atoms with Gasteiger partial charge in [0.1, 0.15) is 11.5 Å². The third kappa shape index (κ3) is 3.50. The number of carbonyl (C=O) groups excluding carboxylic acids is 1. The first-order valence-electron chi connectivity index (χ1n) is 8.18. The molecule has 7 nitrogen and oxygen atoms in total. The molecule has 4 rings (SSSR count). The molecule has 2 heterocycles.